The van der Waals surface area contributed by atoms with Crippen molar-refractivity contribution in [3.05, 3.63) is 0 Å². The van der Waals surface area contributed by atoms with E-state index in [1.54, 1.807) is 13.8 Å². The second kappa shape index (κ2) is 4.48. The molecular weight excluding hydrogens is 225 g/mol. The van der Waals surface area contributed by atoms with Crippen LogP contribution in [0.15, 0.2) is 0 Å². The number of alkyl halides is 3. The SMILES string of the molecule is CC1(C)COCCN1C(=O)NCC(F)(F)F. The number of nitrogens with one attached hydrogen (secondary N) is 1. The Balaban J connectivity index is 2.52. The van der Waals surface area contributed by atoms with Gasteiger partial charge in [-0.1, -0.05) is 0 Å². The van der Waals surface area contributed by atoms with Crippen molar-refractivity contribution in [2.45, 2.75) is 25.6 Å². The summed E-state index contributed by atoms with van der Waals surface area (Å²) in [4.78, 5) is 12.9. The Morgan fingerprint density at radius 1 is 1.50 bits per heavy atom. The van der Waals surface area contributed by atoms with Crippen molar-refractivity contribution in [2.75, 3.05) is 26.3 Å². The van der Waals surface area contributed by atoms with Crippen LogP contribution in [-0.2, 0) is 4.74 Å². The predicted octanol–water partition coefficient (Wildman–Crippen LogP) is 1.37. The molecule has 0 bridgehead atoms. The number of hydrogen-bond donors (Lipinski definition) is 1. The minimum absolute atomic E-state index is 0.302. The minimum atomic E-state index is -4.38. The van der Waals surface area contributed by atoms with Gasteiger partial charge in [0.1, 0.15) is 6.54 Å². The van der Waals surface area contributed by atoms with Crippen molar-refractivity contribution in [3.8, 4) is 0 Å². The molecule has 1 aliphatic rings. The molecule has 94 valence electrons. The molecule has 0 spiro atoms. The number of rotatable bonds is 1. The zero-order chi connectivity index (χ0) is 12.4. The predicted molar refractivity (Wildman–Crippen MR) is 51.1 cm³/mol. The highest BCUT2D eigenvalue weighted by molar-refractivity contribution is 5.75. The van der Waals surface area contributed by atoms with E-state index >= 15 is 0 Å². The van der Waals surface area contributed by atoms with Crippen molar-refractivity contribution < 1.29 is 22.7 Å². The summed E-state index contributed by atoms with van der Waals surface area (Å²) in [5.41, 5.74) is -0.575. The summed E-state index contributed by atoms with van der Waals surface area (Å²) in [6, 6.07) is -0.703. The topological polar surface area (TPSA) is 41.6 Å². The number of carbonyl (C=O) groups excluding carboxylic acids is 1. The Morgan fingerprint density at radius 2 is 2.12 bits per heavy atom. The maximum absolute atomic E-state index is 11.9. The number of ether oxygens (including phenoxy) is 1. The van der Waals surface area contributed by atoms with Gasteiger partial charge in [-0.2, -0.15) is 13.2 Å². The monoisotopic (exact) mass is 240 g/mol. The Labute approximate surface area is 91.7 Å². The fraction of sp³-hybridized carbons (Fsp3) is 0.889. The highest BCUT2D eigenvalue weighted by Gasteiger charge is 2.36. The molecule has 0 radical (unpaired) electrons. The molecule has 1 saturated heterocycles. The van der Waals surface area contributed by atoms with E-state index < -0.39 is 24.3 Å². The van der Waals surface area contributed by atoms with Crippen LogP contribution in [0.25, 0.3) is 0 Å². The quantitative estimate of drug-likeness (QED) is 0.752. The highest BCUT2D eigenvalue weighted by Crippen LogP contribution is 2.19. The fourth-order valence-corrected chi connectivity index (χ4v) is 1.51. The van der Waals surface area contributed by atoms with E-state index in [2.05, 4.69) is 0 Å². The molecule has 1 rings (SSSR count). The average Bonchev–Trinajstić information content (AvgIpc) is 2.12. The largest absolute Gasteiger partial charge is 0.405 e. The Morgan fingerprint density at radius 3 is 2.62 bits per heavy atom. The maximum atomic E-state index is 11.9. The van der Waals surface area contributed by atoms with Crippen LogP contribution in [0.1, 0.15) is 13.8 Å². The Hall–Kier alpha value is -0.980. The van der Waals surface area contributed by atoms with E-state index in [4.69, 9.17) is 4.74 Å². The highest BCUT2D eigenvalue weighted by atomic mass is 19.4. The third-order valence-corrected chi connectivity index (χ3v) is 2.33. The number of morpholine rings is 1. The molecular formula is C9H15F3N2O2. The standard InChI is InChI=1S/C9H15F3N2O2/c1-8(2)6-16-4-3-14(8)7(15)13-5-9(10,11)12/h3-6H2,1-2H3,(H,13,15). The van der Waals surface area contributed by atoms with Gasteiger partial charge in [-0.15, -0.1) is 0 Å². The summed E-state index contributed by atoms with van der Waals surface area (Å²) >= 11 is 0. The summed E-state index contributed by atoms with van der Waals surface area (Å²) in [6.07, 6.45) is -4.38. The van der Waals surface area contributed by atoms with Gasteiger partial charge >= 0.3 is 12.2 Å². The lowest BCUT2D eigenvalue weighted by molar-refractivity contribution is -0.124. The first-order valence-corrected chi connectivity index (χ1v) is 4.92. The summed E-state index contributed by atoms with van der Waals surface area (Å²) in [7, 11) is 0. The van der Waals surface area contributed by atoms with Gasteiger partial charge in [-0.05, 0) is 13.8 Å². The number of halogens is 3. The van der Waals surface area contributed by atoms with Crippen molar-refractivity contribution >= 4 is 6.03 Å². The summed E-state index contributed by atoms with van der Waals surface area (Å²) in [6.45, 7) is 3.17. The van der Waals surface area contributed by atoms with E-state index in [0.717, 1.165) is 0 Å². The molecule has 4 nitrogen and oxygen atoms in total. The molecule has 0 aromatic heterocycles. The summed E-state index contributed by atoms with van der Waals surface area (Å²) in [5, 5.41) is 1.85. The second-order valence-electron chi connectivity index (χ2n) is 4.29. The summed E-state index contributed by atoms with van der Waals surface area (Å²) in [5.74, 6) is 0. The van der Waals surface area contributed by atoms with Gasteiger partial charge in [0.15, 0.2) is 0 Å². The number of nitrogens with zero attached hydrogens (tertiary/aromatic N) is 1. The van der Waals surface area contributed by atoms with Crippen LogP contribution in [0.3, 0.4) is 0 Å². The van der Waals surface area contributed by atoms with E-state index in [9.17, 15) is 18.0 Å². The van der Waals surface area contributed by atoms with Gasteiger partial charge in [0.2, 0.25) is 0 Å². The van der Waals surface area contributed by atoms with Crippen molar-refractivity contribution in [2.24, 2.45) is 0 Å². The Kier molecular flexibility index (Phi) is 3.67. The van der Waals surface area contributed by atoms with E-state index in [1.165, 1.54) is 4.90 Å². The van der Waals surface area contributed by atoms with Crippen molar-refractivity contribution in [1.29, 1.82) is 0 Å². The van der Waals surface area contributed by atoms with Crippen LogP contribution in [0, 0.1) is 0 Å². The third kappa shape index (κ3) is 3.55. The molecule has 0 aromatic carbocycles. The lowest BCUT2D eigenvalue weighted by atomic mass is 10.0. The van der Waals surface area contributed by atoms with Crippen LogP contribution in [0.2, 0.25) is 0 Å². The molecule has 1 aliphatic heterocycles. The molecule has 1 heterocycles. The van der Waals surface area contributed by atoms with Crippen molar-refractivity contribution in [1.82, 2.24) is 10.2 Å². The number of hydrogen-bond acceptors (Lipinski definition) is 2. The molecule has 1 fully saturated rings. The Bertz CT molecular complexity index is 266. The first-order valence-electron chi connectivity index (χ1n) is 4.92. The van der Waals surface area contributed by atoms with Gasteiger partial charge in [0.25, 0.3) is 0 Å². The van der Waals surface area contributed by atoms with Gasteiger partial charge < -0.3 is 15.0 Å². The molecule has 1 N–H and O–H groups in total. The van der Waals surface area contributed by atoms with Gasteiger partial charge in [-0.3, -0.25) is 0 Å². The van der Waals surface area contributed by atoms with Gasteiger partial charge in [-0.25, -0.2) is 4.79 Å². The normalized spacial score (nSPS) is 20.7. The minimum Gasteiger partial charge on any atom is -0.377 e. The van der Waals surface area contributed by atoms with E-state index in [-0.39, 0.29) is 0 Å². The zero-order valence-electron chi connectivity index (χ0n) is 9.23. The number of carbonyl (C=O) groups is 1. The van der Waals surface area contributed by atoms with Crippen LogP contribution in [0.4, 0.5) is 18.0 Å². The zero-order valence-corrected chi connectivity index (χ0v) is 9.23. The smallest absolute Gasteiger partial charge is 0.377 e. The number of amides is 2. The first-order chi connectivity index (χ1) is 7.22. The van der Waals surface area contributed by atoms with Crippen molar-refractivity contribution in [3.63, 3.8) is 0 Å². The van der Waals surface area contributed by atoms with Gasteiger partial charge in [0.05, 0.1) is 18.8 Å². The third-order valence-electron chi connectivity index (χ3n) is 2.33. The molecule has 0 aromatic rings. The average molecular weight is 240 g/mol. The lowest BCUT2D eigenvalue weighted by Crippen LogP contribution is -2.59. The number of urea groups is 1. The second-order valence-corrected chi connectivity index (χ2v) is 4.29. The first kappa shape index (κ1) is 13.1. The molecule has 0 atom stereocenters. The molecule has 16 heavy (non-hydrogen) atoms. The van der Waals surface area contributed by atoms with Gasteiger partial charge in [0, 0.05) is 6.54 Å². The van der Waals surface area contributed by atoms with Crippen LogP contribution >= 0.6 is 0 Å². The maximum Gasteiger partial charge on any atom is 0.405 e. The van der Waals surface area contributed by atoms with Crippen LogP contribution < -0.4 is 5.32 Å². The van der Waals surface area contributed by atoms with Crippen LogP contribution in [-0.4, -0.2) is 48.9 Å². The molecule has 0 unspecified atom stereocenters. The molecule has 2 amide bonds. The van der Waals surface area contributed by atoms with E-state index in [1.807, 2.05) is 5.32 Å². The molecule has 0 aliphatic carbocycles. The summed E-state index contributed by atoms with van der Waals surface area (Å²) < 4.78 is 40.9. The molecule has 0 saturated carbocycles. The lowest BCUT2D eigenvalue weighted by Gasteiger charge is -2.41. The van der Waals surface area contributed by atoms with Crippen LogP contribution in [0.5, 0.6) is 0 Å². The molecule has 7 heteroatoms. The fourth-order valence-electron chi connectivity index (χ4n) is 1.51. The van der Waals surface area contributed by atoms with E-state index in [0.29, 0.717) is 19.8 Å².